The molecule has 0 saturated heterocycles. The third-order valence-corrected chi connectivity index (χ3v) is 2.44. The Kier molecular flexibility index (Phi) is 27.8. The molecule has 288 valence electrons. The van der Waals surface area contributed by atoms with Gasteiger partial charge in [-0.2, -0.15) is 0 Å². The standard InChI is InChI=1S/6C5H11NO2/c6*1-5(2,3)8-4(6)7/h6*1-3H3,(H2,6,7). The Hall–Kier alpha value is -4.38. The van der Waals surface area contributed by atoms with Crippen LogP contribution in [0.1, 0.15) is 125 Å². The Morgan fingerprint density at radius 3 is 0.312 bits per heavy atom. The third kappa shape index (κ3) is 105. The zero-order valence-corrected chi connectivity index (χ0v) is 32.4. The predicted molar refractivity (Wildman–Crippen MR) is 183 cm³/mol. The van der Waals surface area contributed by atoms with Crippen LogP contribution in [-0.4, -0.2) is 70.2 Å². The molecule has 48 heavy (non-hydrogen) atoms. The van der Waals surface area contributed by atoms with Crippen molar-refractivity contribution in [2.24, 2.45) is 34.4 Å². The predicted octanol–water partition coefficient (Wildman–Crippen LogP) is 5.28. The first-order valence-electron chi connectivity index (χ1n) is 14.4. The first-order valence-corrected chi connectivity index (χ1v) is 14.4. The largest absolute Gasteiger partial charge is 0.444 e. The second kappa shape index (κ2) is 23.9. The molecule has 0 fully saturated rings. The van der Waals surface area contributed by atoms with E-state index in [-0.39, 0.29) is 0 Å². The van der Waals surface area contributed by atoms with Crippen molar-refractivity contribution >= 4 is 36.6 Å². The first-order chi connectivity index (χ1) is 20.5. The minimum atomic E-state index is -0.725. The van der Waals surface area contributed by atoms with Gasteiger partial charge in [0.1, 0.15) is 33.6 Å². The van der Waals surface area contributed by atoms with Crippen LogP contribution in [0.2, 0.25) is 0 Å². The van der Waals surface area contributed by atoms with Crippen LogP contribution in [0.4, 0.5) is 28.8 Å². The lowest BCUT2D eigenvalue weighted by molar-refractivity contribution is 0.0588. The average molecular weight is 703 g/mol. The lowest BCUT2D eigenvalue weighted by Crippen LogP contribution is -2.27. The van der Waals surface area contributed by atoms with Crippen molar-refractivity contribution in [3.05, 3.63) is 0 Å². The van der Waals surface area contributed by atoms with E-state index in [9.17, 15) is 28.8 Å². The number of primary amides is 6. The number of rotatable bonds is 0. The van der Waals surface area contributed by atoms with Crippen LogP contribution < -0.4 is 34.4 Å². The van der Waals surface area contributed by atoms with Gasteiger partial charge in [0.2, 0.25) is 0 Å². The number of amides is 6. The second-order valence-corrected chi connectivity index (χ2v) is 15.2. The summed E-state index contributed by atoms with van der Waals surface area (Å²) in [6.45, 7) is 31.7. The number of carbonyl (C=O) groups excluding carboxylic acids is 6. The van der Waals surface area contributed by atoms with Crippen molar-refractivity contribution < 1.29 is 57.2 Å². The topological polar surface area (TPSA) is 314 Å². The van der Waals surface area contributed by atoms with Crippen LogP contribution in [0.15, 0.2) is 0 Å². The number of nitrogens with two attached hydrogens (primary N) is 6. The van der Waals surface area contributed by atoms with Gasteiger partial charge in [0.25, 0.3) is 0 Å². The molecule has 0 radical (unpaired) electrons. The van der Waals surface area contributed by atoms with Gasteiger partial charge >= 0.3 is 36.6 Å². The van der Waals surface area contributed by atoms with E-state index < -0.39 is 70.2 Å². The van der Waals surface area contributed by atoms with Gasteiger partial charge in [0.15, 0.2) is 0 Å². The highest BCUT2D eigenvalue weighted by Gasteiger charge is 2.15. The Labute approximate surface area is 286 Å². The summed E-state index contributed by atoms with van der Waals surface area (Å²) in [5.74, 6) is 0. The van der Waals surface area contributed by atoms with Crippen molar-refractivity contribution in [3.63, 3.8) is 0 Å². The van der Waals surface area contributed by atoms with E-state index in [0.29, 0.717) is 0 Å². The Morgan fingerprint density at radius 1 is 0.250 bits per heavy atom. The monoisotopic (exact) mass is 702 g/mol. The Morgan fingerprint density at radius 2 is 0.312 bits per heavy atom. The molecule has 0 aliphatic carbocycles. The highest BCUT2D eigenvalue weighted by atomic mass is 16.6. The van der Waals surface area contributed by atoms with Crippen LogP contribution in [0.25, 0.3) is 0 Å². The van der Waals surface area contributed by atoms with E-state index in [1.54, 1.807) is 125 Å². The van der Waals surface area contributed by atoms with Gasteiger partial charge < -0.3 is 62.8 Å². The van der Waals surface area contributed by atoms with E-state index in [4.69, 9.17) is 34.4 Å². The SMILES string of the molecule is CC(C)(C)OC(N)=O.CC(C)(C)OC(N)=O.CC(C)(C)OC(N)=O.CC(C)(C)OC(N)=O.CC(C)(C)OC(N)=O.CC(C)(C)OC(N)=O. The van der Waals surface area contributed by atoms with Gasteiger partial charge in [-0.3, -0.25) is 0 Å². The average Bonchev–Trinajstić information content (AvgIpc) is 2.57. The summed E-state index contributed by atoms with van der Waals surface area (Å²) in [5, 5.41) is 0. The Balaban J connectivity index is -0.000000110. The van der Waals surface area contributed by atoms with Gasteiger partial charge in [-0.05, 0) is 125 Å². The van der Waals surface area contributed by atoms with Crippen molar-refractivity contribution in [2.75, 3.05) is 0 Å². The fourth-order valence-electron chi connectivity index (χ4n) is 1.81. The molecule has 0 bridgehead atoms. The molecule has 12 N–H and O–H groups in total. The van der Waals surface area contributed by atoms with Crippen LogP contribution in [0, 0.1) is 0 Å². The summed E-state index contributed by atoms with van der Waals surface area (Å²) >= 11 is 0. The molecule has 0 aliphatic rings. The van der Waals surface area contributed by atoms with Gasteiger partial charge in [0.05, 0.1) is 0 Å². The van der Waals surface area contributed by atoms with Crippen LogP contribution >= 0.6 is 0 Å². The van der Waals surface area contributed by atoms with Crippen LogP contribution in [-0.2, 0) is 28.4 Å². The first kappa shape index (κ1) is 56.0. The summed E-state index contributed by atoms with van der Waals surface area (Å²) in [4.78, 5) is 60.1. The molecule has 0 heterocycles. The second-order valence-electron chi connectivity index (χ2n) is 15.2. The quantitative estimate of drug-likeness (QED) is 0.176. The minimum Gasteiger partial charge on any atom is -0.444 e. The lowest BCUT2D eigenvalue weighted by atomic mass is 10.2. The molecule has 18 nitrogen and oxygen atoms in total. The van der Waals surface area contributed by atoms with E-state index >= 15 is 0 Å². The summed E-state index contributed by atoms with van der Waals surface area (Å²) in [6, 6.07) is 0. The molecule has 0 rings (SSSR count). The van der Waals surface area contributed by atoms with Gasteiger partial charge in [0, 0.05) is 0 Å². The molecule has 0 spiro atoms. The summed E-state index contributed by atoms with van der Waals surface area (Å²) in [6.07, 6.45) is -4.35. The van der Waals surface area contributed by atoms with Crippen molar-refractivity contribution in [1.82, 2.24) is 0 Å². The fourth-order valence-corrected chi connectivity index (χ4v) is 1.81. The Bertz CT molecular complexity index is 760. The van der Waals surface area contributed by atoms with Crippen LogP contribution in [0.5, 0.6) is 0 Å². The van der Waals surface area contributed by atoms with E-state index in [1.807, 2.05) is 0 Å². The molecule has 6 amide bonds. The maximum absolute atomic E-state index is 10.0. The van der Waals surface area contributed by atoms with Crippen molar-refractivity contribution in [2.45, 2.75) is 158 Å². The molecular weight excluding hydrogens is 636 g/mol. The molecule has 0 aromatic rings. The van der Waals surface area contributed by atoms with E-state index in [2.05, 4.69) is 28.4 Å². The zero-order valence-electron chi connectivity index (χ0n) is 32.4. The summed E-state index contributed by atoms with van der Waals surface area (Å²) < 4.78 is 27.5. The normalized spacial score (nSPS) is 10.9. The molecule has 0 unspecified atom stereocenters. The number of ether oxygens (including phenoxy) is 6. The fraction of sp³-hybridized carbons (Fsp3) is 0.800. The van der Waals surface area contributed by atoms with E-state index in [0.717, 1.165) is 0 Å². The summed E-state index contributed by atoms with van der Waals surface area (Å²) in [7, 11) is 0. The minimum absolute atomic E-state index is 0.453. The van der Waals surface area contributed by atoms with Gasteiger partial charge in [-0.15, -0.1) is 0 Å². The van der Waals surface area contributed by atoms with Gasteiger partial charge in [-0.1, -0.05) is 0 Å². The highest BCUT2D eigenvalue weighted by Crippen LogP contribution is 2.07. The molecule has 0 atom stereocenters. The number of hydrogen-bond acceptors (Lipinski definition) is 12. The zero-order chi connectivity index (χ0) is 40.7. The molecule has 0 saturated carbocycles. The van der Waals surface area contributed by atoms with Crippen LogP contribution in [0.3, 0.4) is 0 Å². The van der Waals surface area contributed by atoms with E-state index in [1.165, 1.54) is 0 Å². The lowest BCUT2D eigenvalue weighted by Gasteiger charge is -2.16. The third-order valence-electron chi connectivity index (χ3n) is 2.44. The maximum atomic E-state index is 10.0. The highest BCUT2D eigenvalue weighted by molar-refractivity contribution is 5.66. The number of hydrogen-bond donors (Lipinski definition) is 6. The molecule has 0 aliphatic heterocycles. The molecule has 0 aromatic carbocycles. The molecular formula is C30H66N6O12. The van der Waals surface area contributed by atoms with Gasteiger partial charge in [-0.25, -0.2) is 28.8 Å². The molecule has 0 aromatic heterocycles. The van der Waals surface area contributed by atoms with Crippen molar-refractivity contribution in [3.8, 4) is 0 Å². The smallest absolute Gasteiger partial charge is 0.405 e. The number of carbonyl (C=O) groups is 6. The van der Waals surface area contributed by atoms with Crippen molar-refractivity contribution in [1.29, 1.82) is 0 Å². The summed E-state index contributed by atoms with van der Waals surface area (Å²) in [5.41, 5.74) is 25.6. The molecule has 18 heteroatoms. The maximum Gasteiger partial charge on any atom is 0.405 e.